The van der Waals surface area contributed by atoms with E-state index in [9.17, 15) is 9.90 Å². The summed E-state index contributed by atoms with van der Waals surface area (Å²) in [6.45, 7) is 12.2. The van der Waals surface area contributed by atoms with E-state index in [1.807, 2.05) is 52.0 Å². The molecule has 2 unspecified atom stereocenters. The number of aliphatic carboxylic acids is 1. The topological polar surface area (TPSA) is 46.5 Å². The predicted octanol–water partition coefficient (Wildman–Crippen LogP) is 4.96. The van der Waals surface area contributed by atoms with E-state index in [1.54, 1.807) is 7.11 Å². The standard InChI is InChI=1S/C19H30O3/c1-8-19(17(20)21,18(4,5)6)16(13(2)3)14-11-9-10-12-15(14)22-7/h9-13,16H,8H2,1-7H3,(H,20,21). The number of carbonyl (C=O) groups is 1. The number of methoxy groups -OCH3 is 1. The van der Waals surface area contributed by atoms with Crippen molar-refractivity contribution in [3.8, 4) is 5.75 Å². The van der Waals surface area contributed by atoms with Crippen molar-refractivity contribution in [3.05, 3.63) is 29.8 Å². The summed E-state index contributed by atoms with van der Waals surface area (Å²) in [7, 11) is 1.64. The van der Waals surface area contributed by atoms with Crippen molar-refractivity contribution in [2.75, 3.05) is 7.11 Å². The van der Waals surface area contributed by atoms with Crippen LogP contribution in [0.3, 0.4) is 0 Å². The van der Waals surface area contributed by atoms with Crippen LogP contribution in [0, 0.1) is 16.7 Å². The second kappa shape index (κ2) is 6.72. The zero-order valence-corrected chi connectivity index (χ0v) is 14.9. The third kappa shape index (κ3) is 2.99. The van der Waals surface area contributed by atoms with Crippen LogP contribution in [0.25, 0.3) is 0 Å². The summed E-state index contributed by atoms with van der Waals surface area (Å²) in [6.07, 6.45) is 0.576. The Kier molecular flexibility index (Phi) is 5.66. The molecule has 0 aliphatic carbocycles. The van der Waals surface area contributed by atoms with Crippen LogP contribution in [-0.2, 0) is 4.79 Å². The summed E-state index contributed by atoms with van der Waals surface area (Å²) in [5.74, 6) is 0.106. The molecule has 0 amide bonds. The van der Waals surface area contributed by atoms with Crippen molar-refractivity contribution in [2.24, 2.45) is 16.7 Å². The van der Waals surface area contributed by atoms with Crippen LogP contribution >= 0.6 is 0 Å². The quantitative estimate of drug-likeness (QED) is 0.807. The van der Waals surface area contributed by atoms with Crippen molar-refractivity contribution in [1.29, 1.82) is 0 Å². The highest BCUT2D eigenvalue weighted by Crippen LogP contribution is 2.56. The van der Waals surface area contributed by atoms with Gasteiger partial charge in [-0.2, -0.15) is 0 Å². The van der Waals surface area contributed by atoms with Crippen LogP contribution < -0.4 is 4.74 Å². The minimum atomic E-state index is -0.851. The number of ether oxygens (including phenoxy) is 1. The molecule has 0 aliphatic heterocycles. The molecule has 3 nitrogen and oxygen atoms in total. The number of carboxylic acid groups (broad SMARTS) is 1. The molecule has 1 aromatic rings. The maximum Gasteiger partial charge on any atom is 0.310 e. The van der Waals surface area contributed by atoms with Crippen molar-refractivity contribution in [2.45, 2.75) is 53.9 Å². The molecule has 2 atom stereocenters. The second-order valence-corrected chi connectivity index (χ2v) is 7.34. The summed E-state index contributed by atoms with van der Waals surface area (Å²) in [6, 6.07) is 7.79. The molecule has 0 spiro atoms. The first-order valence-corrected chi connectivity index (χ1v) is 7.99. The third-order valence-corrected chi connectivity index (χ3v) is 4.95. The summed E-state index contributed by atoms with van der Waals surface area (Å²) in [5.41, 5.74) is -0.238. The van der Waals surface area contributed by atoms with Crippen LogP contribution in [0.4, 0.5) is 0 Å². The maximum atomic E-state index is 12.4. The molecule has 0 radical (unpaired) electrons. The van der Waals surface area contributed by atoms with E-state index in [0.29, 0.717) is 6.42 Å². The van der Waals surface area contributed by atoms with E-state index >= 15 is 0 Å². The normalized spacial score (nSPS) is 16.2. The third-order valence-electron chi connectivity index (χ3n) is 4.95. The van der Waals surface area contributed by atoms with Gasteiger partial charge in [0.15, 0.2) is 0 Å². The van der Waals surface area contributed by atoms with E-state index in [0.717, 1.165) is 11.3 Å². The van der Waals surface area contributed by atoms with Gasteiger partial charge in [0, 0.05) is 5.92 Å². The number of hydrogen-bond acceptors (Lipinski definition) is 2. The maximum absolute atomic E-state index is 12.4. The number of hydrogen-bond donors (Lipinski definition) is 1. The molecule has 0 aromatic heterocycles. The number of para-hydroxylation sites is 1. The average molecular weight is 306 g/mol. The molecular formula is C19H30O3. The van der Waals surface area contributed by atoms with Gasteiger partial charge in [0.1, 0.15) is 5.75 Å². The minimum absolute atomic E-state index is 0.119. The Hall–Kier alpha value is -1.51. The van der Waals surface area contributed by atoms with Gasteiger partial charge in [0.05, 0.1) is 12.5 Å². The predicted molar refractivity (Wildman–Crippen MR) is 90.4 cm³/mol. The van der Waals surface area contributed by atoms with Crippen LogP contribution in [0.2, 0.25) is 0 Å². The lowest BCUT2D eigenvalue weighted by molar-refractivity contribution is -0.161. The molecular weight excluding hydrogens is 276 g/mol. The Bertz CT molecular complexity index is 514. The van der Waals surface area contributed by atoms with Gasteiger partial charge in [0.25, 0.3) is 0 Å². The summed E-state index contributed by atoms with van der Waals surface area (Å²) >= 11 is 0. The van der Waals surface area contributed by atoms with Gasteiger partial charge in [-0.05, 0) is 29.4 Å². The van der Waals surface area contributed by atoms with Crippen LogP contribution in [-0.4, -0.2) is 18.2 Å². The molecule has 0 fully saturated rings. The first-order valence-electron chi connectivity index (χ1n) is 7.99. The molecule has 0 aliphatic rings. The summed E-state index contributed by atoms with van der Waals surface area (Å²) < 4.78 is 5.52. The Balaban J connectivity index is 3.67. The smallest absolute Gasteiger partial charge is 0.310 e. The fourth-order valence-electron chi connectivity index (χ4n) is 3.94. The molecule has 124 valence electrons. The Labute approximate surface area is 134 Å². The van der Waals surface area contributed by atoms with Crippen LogP contribution in [0.1, 0.15) is 59.4 Å². The largest absolute Gasteiger partial charge is 0.496 e. The lowest BCUT2D eigenvalue weighted by Gasteiger charge is -2.48. The van der Waals surface area contributed by atoms with Gasteiger partial charge in [0.2, 0.25) is 0 Å². The van der Waals surface area contributed by atoms with E-state index in [1.165, 1.54) is 0 Å². The molecule has 22 heavy (non-hydrogen) atoms. The van der Waals surface area contributed by atoms with Gasteiger partial charge in [-0.1, -0.05) is 59.7 Å². The fourth-order valence-corrected chi connectivity index (χ4v) is 3.94. The van der Waals surface area contributed by atoms with E-state index in [2.05, 4.69) is 13.8 Å². The minimum Gasteiger partial charge on any atom is -0.496 e. The fraction of sp³-hybridized carbons (Fsp3) is 0.632. The van der Waals surface area contributed by atoms with Crippen molar-refractivity contribution >= 4 is 5.97 Å². The van der Waals surface area contributed by atoms with Crippen LogP contribution in [0.5, 0.6) is 5.75 Å². The molecule has 0 heterocycles. The van der Waals surface area contributed by atoms with Gasteiger partial charge in [-0.15, -0.1) is 0 Å². The van der Waals surface area contributed by atoms with Gasteiger partial charge in [-0.25, -0.2) is 0 Å². The average Bonchev–Trinajstić information content (AvgIpc) is 2.42. The highest BCUT2D eigenvalue weighted by molar-refractivity contribution is 5.77. The number of carboxylic acids is 1. The van der Waals surface area contributed by atoms with Gasteiger partial charge < -0.3 is 9.84 Å². The zero-order valence-electron chi connectivity index (χ0n) is 14.9. The van der Waals surface area contributed by atoms with Crippen molar-refractivity contribution in [1.82, 2.24) is 0 Å². The molecule has 1 rings (SSSR count). The molecule has 0 saturated carbocycles. The molecule has 1 aromatic carbocycles. The molecule has 0 saturated heterocycles. The van der Waals surface area contributed by atoms with E-state index < -0.39 is 11.4 Å². The summed E-state index contributed by atoms with van der Waals surface area (Å²) in [5, 5.41) is 10.2. The SMILES string of the molecule is CCC(C(=O)O)(C(c1ccccc1OC)C(C)C)C(C)(C)C. The molecule has 1 N–H and O–H groups in total. The van der Waals surface area contributed by atoms with E-state index in [-0.39, 0.29) is 17.3 Å². The molecule has 0 bridgehead atoms. The Morgan fingerprint density at radius 1 is 1.23 bits per heavy atom. The lowest BCUT2D eigenvalue weighted by atomic mass is 9.54. The highest BCUT2D eigenvalue weighted by Gasteiger charge is 2.54. The number of rotatable bonds is 6. The highest BCUT2D eigenvalue weighted by atomic mass is 16.5. The van der Waals surface area contributed by atoms with Crippen LogP contribution in [0.15, 0.2) is 24.3 Å². The Morgan fingerprint density at radius 3 is 2.14 bits per heavy atom. The lowest BCUT2D eigenvalue weighted by Crippen LogP contribution is -2.49. The summed E-state index contributed by atoms with van der Waals surface area (Å²) in [4.78, 5) is 12.4. The number of benzene rings is 1. The Morgan fingerprint density at radius 2 is 1.77 bits per heavy atom. The molecule has 3 heteroatoms. The van der Waals surface area contributed by atoms with Gasteiger partial charge in [-0.3, -0.25) is 4.79 Å². The van der Waals surface area contributed by atoms with Crippen molar-refractivity contribution in [3.63, 3.8) is 0 Å². The second-order valence-electron chi connectivity index (χ2n) is 7.34. The van der Waals surface area contributed by atoms with Gasteiger partial charge >= 0.3 is 5.97 Å². The zero-order chi connectivity index (χ0) is 17.1. The van der Waals surface area contributed by atoms with E-state index in [4.69, 9.17) is 4.74 Å². The first kappa shape index (κ1) is 18.5. The van der Waals surface area contributed by atoms with Crippen molar-refractivity contribution < 1.29 is 14.6 Å². The monoisotopic (exact) mass is 306 g/mol. The first-order chi connectivity index (χ1) is 10.1.